The van der Waals surface area contributed by atoms with Crippen molar-refractivity contribution in [2.24, 2.45) is 0 Å². The van der Waals surface area contributed by atoms with E-state index in [0.29, 0.717) is 11.1 Å². The molecule has 2 rings (SSSR count). The van der Waals surface area contributed by atoms with E-state index in [1.807, 2.05) is 6.92 Å². The Hall–Kier alpha value is -1.92. The lowest BCUT2D eigenvalue weighted by Crippen LogP contribution is -2.52. The Bertz CT molecular complexity index is 538. The van der Waals surface area contributed by atoms with Gasteiger partial charge in [-0.2, -0.15) is 0 Å². The van der Waals surface area contributed by atoms with Gasteiger partial charge in [0.25, 0.3) is 5.91 Å². The molecule has 126 valence electrons. The molecule has 2 atom stereocenters. The standard InChI is InChI=1S/C17H24N2O4/c1-12(13(2)19-8-10-23-11-9-19)18-16(20)14-4-6-15(7-5-14)17(21)22-3/h4-7,12-13H,8-11H2,1-3H3,(H,18,20). The third-order valence-corrected chi connectivity index (χ3v) is 4.27. The number of morpholine rings is 1. The van der Waals surface area contributed by atoms with Crippen molar-refractivity contribution < 1.29 is 19.1 Å². The Labute approximate surface area is 136 Å². The molecule has 0 aromatic heterocycles. The number of nitrogens with zero attached hydrogens (tertiary/aromatic N) is 1. The van der Waals surface area contributed by atoms with Crippen molar-refractivity contribution in [1.29, 1.82) is 0 Å². The Kier molecular flexibility index (Phi) is 6.12. The van der Waals surface area contributed by atoms with Crippen LogP contribution < -0.4 is 5.32 Å². The van der Waals surface area contributed by atoms with Gasteiger partial charge in [0, 0.05) is 30.7 Å². The fourth-order valence-electron chi connectivity index (χ4n) is 2.59. The van der Waals surface area contributed by atoms with Gasteiger partial charge in [-0.3, -0.25) is 9.69 Å². The van der Waals surface area contributed by atoms with Crippen LogP contribution in [-0.2, 0) is 9.47 Å². The van der Waals surface area contributed by atoms with E-state index < -0.39 is 5.97 Å². The number of methoxy groups -OCH3 is 1. The highest BCUT2D eigenvalue weighted by molar-refractivity contribution is 5.96. The largest absolute Gasteiger partial charge is 0.465 e. The average molecular weight is 320 g/mol. The van der Waals surface area contributed by atoms with Crippen molar-refractivity contribution in [2.45, 2.75) is 25.9 Å². The van der Waals surface area contributed by atoms with Crippen LogP contribution in [0.15, 0.2) is 24.3 Å². The SMILES string of the molecule is COC(=O)c1ccc(C(=O)NC(C)C(C)N2CCOCC2)cc1. The zero-order chi connectivity index (χ0) is 16.8. The Balaban J connectivity index is 1.93. The Morgan fingerprint density at radius 3 is 2.26 bits per heavy atom. The molecule has 2 unspecified atom stereocenters. The van der Waals surface area contributed by atoms with Crippen LogP contribution in [0.4, 0.5) is 0 Å². The number of nitrogens with one attached hydrogen (secondary N) is 1. The molecule has 1 aromatic rings. The van der Waals surface area contributed by atoms with Crippen LogP contribution in [0.5, 0.6) is 0 Å². The number of hydrogen-bond donors (Lipinski definition) is 1. The smallest absolute Gasteiger partial charge is 0.337 e. The summed E-state index contributed by atoms with van der Waals surface area (Å²) in [5, 5.41) is 3.02. The highest BCUT2D eigenvalue weighted by Gasteiger charge is 2.23. The molecular formula is C17H24N2O4. The first-order valence-corrected chi connectivity index (χ1v) is 7.84. The summed E-state index contributed by atoms with van der Waals surface area (Å²) in [5.41, 5.74) is 0.956. The predicted octanol–water partition coefficient (Wildman–Crippen LogP) is 1.31. The molecule has 1 aliphatic rings. The first kappa shape index (κ1) is 17.4. The first-order chi connectivity index (χ1) is 11.0. The van der Waals surface area contributed by atoms with Crippen LogP contribution in [0.2, 0.25) is 0 Å². The first-order valence-electron chi connectivity index (χ1n) is 7.84. The van der Waals surface area contributed by atoms with Gasteiger partial charge in [0.05, 0.1) is 25.9 Å². The maximum atomic E-state index is 12.3. The van der Waals surface area contributed by atoms with E-state index >= 15 is 0 Å². The molecular weight excluding hydrogens is 296 g/mol. The molecule has 0 aliphatic carbocycles. The summed E-state index contributed by atoms with van der Waals surface area (Å²) < 4.78 is 10.00. The maximum Gasteiger partial charge on any atom is 0.337 e. The van der Waals surface area contributed by atoms with Crippen LogP contribution >= 0.6 is 0 Å². The van der Waals surface area contributed by atoms with Crippen molar-refractivity contribution >= 4 is 11.9 Å². The Morgan fingerprint density at radius 2 is 1.70 bits per heavy atom. The summed E-state index contributed by atoms with van der Waals surface area (Å²) in [7, 11) is 1.33. The summed E-state index contributed by atoms with van der Waals surface area (Å²) in [6, 6.07) is 6.70. The van der Waals surface area contributed by atoms with Gasteiger partial charge in [0.2, 0.25) is 0 Å². The lowest BCUT2D eigenvalue weighted by molar-refractivity contribution is 0.0137. The van der Waals surface area contributed by atoms with Gasteiger partial charge in [-0.25, -0.2) is 4.79 Å². The average Bonchev–Trinajstić information content (AvgIpc) is 2.61. The van der Waals surface area contributed by atoms with Crippen molar-refractivity contribution in [1.82, 2.24) is 10.2 Å². The van der Waals surface area contributed by atoms with Gasteiger partial charge in [0.15, 0.2) is 0 Å². The molecule has 23 heavy (non-hydrogen) atoms. The topological polar surface area (TPSA) is 67.9 Å². The number of carbonyl (C=O) groups excluding carboxylic acids is 2. The van der Waals surface area contributed by atoms with Gasteiger partial charge in [-0.15, -0.1) is 0 Å². The highest BCUT2D eigenvalue weighted by atomic mass is 16.5. The number of rotatable bonds is 5. The van der Waals surface area contributed by atoms with E-state index in [1.54, 1.807) is 24.3 Å². The number of esters is 1. The monoisotopic (exact) mass is 320 g/mol. The quantitative estimate of drug-likeness (QED) is 0.829. The van der Waals surface area contributed by atoms with E-state index in [4.69, 9.17) is 4.74 Å². The highest BCUT2D eigenvalue weighted by Crippen LogP contribution is 2.10. The van der Waals surface area contributed by atoms with E-state index in [0.717, 1.165) is 26.3 Å². The summed E-state index contributed by atoms with van der Waals surface area (Å²) >= 11 is 0. The molecule has 1 N–H and O–H groups in total. The lowest BCUT2D eigenvalue weighted by Gasteiger charge is -2.35. The molecule has 1 fully saturated rings. The van der Waals surface area contributed by atoms with E-state index in [-0.39, 0.29) is 18.0 Å². The molecule has 6 heteroatoms. The molecule has 1 aliphatic heterocycles. The minimum atomic E-state index is -0.411. The van der Waals surface area contributed by atoms with Crippen molar-refractivity contribution in [2.75, 3.05) is 33.4 Å². The van der Waals surface area contributed by atoms with Gasteiger partial charge < -0.3 is 14.8 Å². The second kappa shape index (κ2) is 8.08. The van der Waals surface area contributed by atoms with Crippen molar-refractivity contribution in [3.63, 3.8) is 0 Å². The van der Waals surface area contributed by atoms with E-state index in [1.165, 1.54) is 7.11 Å². The zero-order valence-corrected chi connectivity index (χ0v) is 13.9. The fourth-order valence-corrected chi connectivity index (χ4v) is 2.59. The Morgan fingerprint density at radius 1 is 1.13 bits per heavy atom. The molecule has 0 spiro atoms. The molecule has 1 amide bonds. The number of carbonyl (C=O) groups is 2. The number of amides is 1. The molecule has 0 saturated carbocycles. The minimum absolute atomic E-state index is 0.0147. The van der Waals surface area contributed by atoms with Gasteiger partial charge in [0.1, 0.15) is 0 Å². The third-order valence-electron chi connectivity index (χ3n) is 4.27. The number of ether oxygens (including phenoxy) is 2. The van der Waals surface area contributed by atoms with Crippen molar-refractivity contribution in [3.8, 4) is 0 Å². The minimum Gasteiger partial charge on any atom is -0.465 e. The molecule has 1 heterocycles. The van der Waals surface area contributed by atoms with E-state index in [2.05, 4.69) is 21.9 Å². The van der Waals surface area contributed by atoms with Gasteiger partial charge in [-0.1, -0.05) is 0 Å². The van der Waals surface area contributed by atoms with Gasteiger partial charge in [-0.05, 0) is 38.1 Å². The summed E-state index contributed by atoms with van der Waals surface area (Å²) in [6.45, 7) is 7.35. The summed E-state index contributed by atoms with van der Waals surface area (Å²) in [6.07, 6.45) is 0. The number of benzene rings is 1. The van der Waals surface area contributed by atoms with Crippen LogP contribution in [-0.4, -0.2) is 62.3 Å². The maximum absolute atomic E-state index is 12.3. The second-order valence-corrected chi connectivity index (χ2v) is 5.72. The molecule has 1 saturated heterocycles. The lowest BCUT2D eigenvalue weighted by atomic mass is 10.1. The number of hydrogen-bond acceptors (Lipinski definition) is 5. The summed E-state index contributed by atoms with van der Waals surface area (Å²) in [5.74, 6) is -0.555. The molecule has 1 aromatic carbocycles. The van der Waals surface area contributed by atoms with Crippen LogP contribution in [0, 0.1) is 0 Å². The molecule has 0 radical (unpaired) electrons. The second-order valence-electron chi connectivity index (χ2n) is 5.72. The van der Waals surface area contributed by atoms with Crippen LogP contribution in [0.1, 0.15) is 34.6 Å². The van der Waals surface area contributed by atoms with Gasteiger partial charge >= 0.3 is 5.97 Å². The molecule has 0 bridgehead atoms. The normalized spacial score (nSPS) is 18.0. The third kappa shape index (κ3) is 4.53. The van der Waals surface area contributed by atoms with E-state index in [9.17, 15) is 9.59 Å². The van der Waals surface area contributed by atoms with Crippen LogP contribution in [0.25, 0.3) is 0 Å². The zero-order valence-electron chi connectivity index (χ0n) is 13.9. The predicted molar refractivity (Wildman–Crippen MR) is 86.6 cm³/mol. The van der Waals surface area contributed by atoms with Crippen molar-refractivity contribution in [3.05, 3.63) is 35.4 Å². The van der Waals surface area contributed by atoms with Crippen LogP contribution in [0.3, 0.4) is 0 Å². The summed E-state index contributed by atoms with van der Waals surface area (Å²) in [4.78, 5) is 26.0. The molecule has 6 nitrogen and oxygen atoms in total. The fraction of sp³-hybridized carbons (Fsp3) is 0.529.